The van der Waals surface area contributed by atoms with Gasteiger partial charge in [0.2, 0.25) is 5.89 Å². The van der Waals surface area contributed by atoms with Crippen molar-refractivity contribution >= 4 is 17.3 Å². The van der Waals surface area contributed by atoms with Crippen molar-refractivity contribution < 1.29 is 26.9 Å². The van der Waals surface area contributed by atoms with E-state index in [0.717, 1.165) is 12.5 Å². The number of amides is 1. The Morgan fingerprint density at radius 3 is 2.75 bits per heavy atom. The van der Waals surface area contributed by atoms with E-state index in [1.165, 1.54) is 30.7 Å². The van der Waals surface area contributed by atoms with E-state index in [1.807, 2.05) is 6.92 Å². The predicted octanol–water partition coefficient (Wildman–Crippen LogP) is 4.50. The van der Waals surface area contributed by atoms with Gasteiger partial charge in [0.15, 0.2) is 5.82 Å². The normalized spacial score (nSPS) is 11.4. The van der Waals surface area contributed by atoms with Crippen LogP contribution in [0.1, 0.15) is 41.0 Å². The Morgan fingerprint density at radius 1 is 1.25 bits per heavy atom. The quantitative estimate of drug-likeness (QED) is 0.613. The van der Waals surface area contributed by atoms with E-state index in [1.54, 1.807) is 0 Å². The molecule has 0 unspecified atom stereocenters. The van der Waals surface area contributed by atoms with Gasteiger partial charge in [-0.2, -0.15) is 18.2 Å². The predicted molar refractivity (Wildman–Crippen MR) is 93.7 cm³/mol. The van der Waals surface area contributed by atoms with Crippen molar-refractivity contribution in [2.75, 3.05) is 10.6 Å². The van der Waals surface area contributed by atoms with Gasteiger partial charge in [-0.05, 0) is 30.7 Å². The molecule has 1 aromatic carbocycles. The smallest absolute Gasteiger partial charge is 0.418 e. The fourth-order valence-electron chi connectivity index (χ4n) is 2.47. The minimum absolute atomic E-state index is 0.00657. The minimum atomic E-state index is -4.62. The first-order valence-electron chi connectivity index (χ1n) is 8.47. The van der Waals surface area contributed by atoms with Gasteiger partial charge in [0.25, 0.3) is 5.91 Å². The first-order valence-corrected chi connectivity index (χ1v) is 8.47. The first-order chi connectivity index (χ1) is 13.4. The number of hydrogen-bond acceptors (Lipinski definition) is 6. The first kappa shape index (κ1) is 19.5. The molecule has 0 bridgehead atoms. The molecule has 2 aromatic heterocycles. The van der Waals surface area contributed by atoms with Gasteiger partial charge in [-0.25, -0.2) is 0 Å². The lowest BCUT2D eigenvalue weighted by molar-refractivity contribution is -0.136. The standard InChI is InChI=1S/C18H17F3N4O3/c1-2-3-15-24-16(28-25-15)9-22-14-5-4-12(8-13(14)18(19,20)21)23-17(26)11-6-7-27-10-11/h4-8,10,22H,2-3,9H2,1H3,(H,23,26). The highest BCUT2D eigenvalue weighted by atomic mass is 19.4. The molecule has 0 saturated carbocycles. The zero-order valence-corrected chi connectivity index (χ0v) is 14.8. The van der Waals surface area contributed by atoms with Gasteiger partial charge in [-0.1, -0.05) is 12.1 Å². The number of carbonyl (C=O) groups is 1. The lowest BCUT2D eigenvalue weighted by atomic mass is 10.1. The summed E-state index contributed by atoms with van der Waals surface area (Å²) in [5.74, 6) is 0.124. The van der Waals surface area contributed by atoms with Crippen molar-refractivity contribution in [3.05, 3.63) is 59.6 Å². The van der Waals surface area contributed by atoms with E-state index in [9.17, 15) is 18.0 Å². The zero-order valence-electron chi connectivity index (χ0n) is 14.8. The van der Waals surface area contributed by atoms with Crippen LogP contribution in [-0.2, 0) is 19.1 Å². The maximum atomic E-state index is 13.5. The van der Waals surface area contributed by atoms with Crippen molar-refractivity contribution in [1.82, 2.24) is 10.1 Å². The summed E-state index contributed by atoms with van der Waals surface area (Å²) in [6, 6.07) is 4.87. The van der Waals surface area contributed by atoms with Gasteiger partial charge in [-0.15, -0.1) is 0 Å². The second kappa shape index (κ2) is 8.15. The maximum Gasteiger partial charge on any atom is 0.418 e. The Morgan fingerprint density at radius 2 is 2.07 bits per heavy atom. The summed E-state index contributed by atoms with van der Waals surface area (Å²) in [6.07, 6.45) is -0.667. The number of hydrogen-bond donors (Lipinski definition) is 2. The highest BCUT2D eigenvalue weighted by molar-refractivity contribution is 6.04. The van der Waals surface area contributed by atoms with Gasteiger partial charge in [0.05, 0.1) is 23.9 Å². The van der Waals surface area contributed by atoms with Gasteiger partial charge >= 0.3 is 6.18 Å². The van der Waals surface area contributed by atoms with Gasteiger partial charge in [0, 0.05) is 17.8 Å². The number of aromatic nitrogens is 2. The molecular weight excluding hydrogens is 377 g/mol. The summed E-state index contributed by atoms with van der Waals surface area (Å²) in [5, 5.41) is 8.82. The highest BCUT2D eigenvalue weighted by Gasteiger charge is 2.34. The number of carbonyl (C=O) groups excluding carboxylic acids is 1. The Labute approximate surface area is 157 Å². The number of aryl methyl sites for hydroxylation is 1. The lowest BCUT2D eigenvalue weighted by Crippen LogP contribution is -2.14. The summed E-state index contributed by atoms with van der Waals surface area (Å²) in [4.78, 5) is 16.1. The van der Waals surface area contributed by atoms with Crippen LogP contribution in [0, 0.1) is 0 Å². The van der Waals surface area contributed by atoms with Crippen molar-refractivity contribution in [3.63, 3.8) is 0 Å². The largest absolute Gasteiger partial charge is 0.472 e. The van der Waals surface area contributed by atoms with Crippen LogP contribution in [0.2, 0.25) is 0 Å². The van der Waals surface area contributed by atoms with Crippen LogP contribution in [0.3, 0.4) is 0 Å². The molecule has 0 aliphatic heterocycles. The lowest BCUT2D eigenvalue weighted by Gasteiger charge is -2.15. The summed E-state index contributed by atoms with van der Waals surface area (Å²) in [7, 11) is 0. The molecule has 0 atom stereocenters. The van der Waals surface area contributed by atoms with Crippen LogP contribution in [0.4, 0.5) is 24.5 Å². The monoisotopic (exact) mass is 394 g/mol. The molecule has 3 aromatic rings. The summed E-state index contributed by atoms with van der Waals surface area (Å²) in [6.45, 7) is 1.90. The van der Waals surface area contributed by atoms with E-state index in [2.05, 4.69) is 20.8 Å². The number of alkyl halides is 3. The molecule has 0 aliphatic carbocycles. The number of furan rings is 1. The maximum absolute atomic E-state index is 13.5. The average molecular weight is 394 g/mol. The molecule has 0 fully saturated rings. The Hall–Kier alpha value is -3.30. The summed E-state index contributed by atoms with van der Waals surface area (Å²) < 4.78 is 50.2. The highest BCUT2D eigenvalue weighted by Crippen LogP contribution is 2.36. The van der Waals surface area contributed by atoms with Crippen LogP contribution in [0.5, 0.6) is 0 Å². The number of halogens is 3. The average Bonchev–Trinajstić information content (AvgIpc) is 3.32. The van der Waals surface area contributed by atoms with Gasteiger partial charge in [-0.3, -0.25) is 4.79 Å². The fourth-order valence-corrected chi connectivity index (χ4v) is 2.47. The third-order valence-corrected chi connectivity index (χ3v) is 3.78. The molecule has 2 heterocycles. The molecule has 0 spiro atoms. The van der Waals surface area contributed by atoms with Crippen molar-refractivity contribution in [2.24, 2.45) is 0 Å². The number of benzene rings is 1. The van der Waals surface area contributed by atoms with Crippen molar-refractivity contribution in [1.29, 1.82) is 0 Å². The van der Waals surface area contributed by atoms with E-state index < -0.39 is 17.6 Å². The molecule has 28 heavy (non-hydrogen) atoms. The topological polar surface area (TPSA) is 93.2 Å². The van der Waals surface area contributed by atoms with Crippen LogP contribution >= 0.6 is 0 Å². The molecule has 1 amide bonds. The van der Waals surface area contributed by atoms with Crippen molar-refractivity contribution in [3.8, 4) is 0 Å². The van der Waals surface area contributed by atoms with Crippen LogP contribution in [-0.4, -0.2) is 16.0 Å². The Kier molecular flexibility index (Phi) is 5.67. The molecule has 0 aliphatic rings. The van der Waals surface area contributed by atoms with Gasteiger partial charge < -0.3 is 19.6 Å². The Bertz CT molecular complexity index is 936. The molecule has 0 saturated heterocycles. The Balaban J connectivity index is 1.75. The van der Waals surface area contributed by atoms with E-state index in [0.29, 0.717) is 12.2 Å². The van der Waals surface area contributed by atoms with E-state index in [-0.39, 0.29) is 29.4 Å². The molecule has 10 heteroatoms. The van der Waals surface area contributed by atoms with E-state index >= 15 is 0 Å². The van der Waals surface area contributed by atoms with Crippen LogP contribution < -0.4 is 10.6 Å². The van der Waals surface area contributed by atoms with Crippen LogP contribution in [0.15, 0.2) is 45.7 Å². The molecular formula is C18H17F3N4O3. The third kappa shape index (κ3) is 4.70. The fraction of sp³-hybridized carbons (Fsp3) is 0.278. The summed E-state index contributed by atoms with van der Waals surface area (Å²) >= 11 is 0. The molecule has 2 N–H and O–H groups in total. The van der Waals surface area contributed by atoms with Crippen LogP contribution in [0.25, 0.3) is 0 Å². The minimum Gasteiger partial charge on any atom is -0.472 e. The SMILES string of the molecule is CCCc1noc(CNc2ccc(NC(=O)c3ccoc3)cc2C(F)(F)F)n1. The molecule has 3 rings (SSSR count). The molecule has 148 valence electrons. The molecule has 0 radical (unpaired) electrons. The van der Waals surface area contributed by atoms with Crippen molar-refractivity contribution in [2.45, 2.75) is 32.5 Å². The summed E-state index contributed by atoms with van der Waals surface area (Å²) in [5.41, 5.74) is -0.878. The number of nitrogens with zero attached hydrogens (tertiary/aromatic N) is 2. The number of rotatable bonds is 7. The number of nitrogens with one attached hydrogen (secondary N) is 2. The van der Waals surface area contributed by atoms with Gasteiger partial charge in [0.1, 0.15) is 6.26 Å². The third-order valence-electron chi connectivity index (χ3n) is 3.78. The zero-order chi connectivity index (χ0) is 20.1. The second-order valence-corrected chi connectivity index (χ2v) is 5.93. The number of anilines is 2. The second-order valence-electron chi connectivity index (χ2n) is 5.93. The van der Waals surface area contributed by atoms with E-state index in [4.69, 9.17) is 8.94 Å². The molecule has 7 nitrogen and oxygen atoms in total.